The van der Waals surface area contributed by atoms with Gasteiger partial charge in [-0.15, -0.1) is 0 Å². The largest absolute Gasteiger partial charge is 0.490 e. The maximum atomic E-state index is 13.2. The molecule has 39 heavy (non-hydrogen) atoms. The molecule has 0 spiro atoms. The fraction of sp³-hybridized carbons (Fsp3) is 0.455. The SMILES string of the molecule is CCc1cccc(CC)c1-c1cc(OC(C)C)c(COc2cc(C(=O)N3CCN(C)CC3)ccc2C)c(C)n1. The lowest BCUT2D eigenvalue weighted by Crippen LogP contribution is -2.47. The number of rotatable bonds is 9. The van der Waals surface area contributed by atoms with Gasteiger partial charge in [-0.05, 0) is 76.4 Å². The summed E-state index contributed by atoms with van der Waals surface area (Å²) in [6.07, 6.45) is 1.89. The maximum absolute atomic E-state index is 13.2. The van der Waals surface area contributed by atoms with Crippen LogP contribution in [0.4, 0.5) is 0 Å². The van der Waals surface area contributed by atoms with Crippen molar-refractivity contribution in [2.75, 3.05) is 33.2 Å². The zero-order chi connectivity index (χ0) is 28.1. The van der Waals surface area contributed by atoms with E-state index in [4.69, 9.17) is 14.5 Å². The van der Waals surface area contributed by atoms with Crippen LogP contribution in [-0.4, -0.2) is 60.0 Å². The first-order valence-corrected chi connectivity index (χ1v) is 14.2. The number of nitrogens with zero attached hydrogens (tertiary/aromatic N) is 3. The van der Waals surface area contributed by atoms with E-state index in [0.717, 1.165) is 67.3 Å². The third-order valence-electron chi connectivity index (χ3n) is 7.51. The summed E-state index contributed by atoms with van der Waals surface area (Å²) in [4.78, 5) is 22.4. The van der Waals surface area contributed by atoms with E-state index in [-0.39, 0.29) is 12.0 Å². The predicted molar refractivity (Wildman–Crippen MR) is 158 cm³/mol. The molecule has 1 aliphatic heterocycles. The number of carbonyl (C=O) groups is 1. The summed E-state index contributed by atoms with van der Waals surface area (Å²) in [5, 5.41) is 0. The monoisotopic (exact) mass is 529 g/mol. The number of likely N-dealkylation sites (N-methyl/N-ethyl adjacent to an activating group) is 1. The average Bonchev–Trinajstić information content (AvgIpc) is 2.92. The van der Waals surface area contributed by atoms with Gasteiger partial charge in [0.1, 0.15) is 18.1 Å². The lowest BCUT2D eigenvalue weighted by molar-refractivity contribution is 0.0663. The quantitative estimate of drug-likeness (QED) is 0.328. The number of hydrogen-bond acceptors (Lipinski definition) is 5. The lowest BCUT2D eigenvalue weighted by atomic mass is 9.94. The molecule has 6 nitrogen and oxygen atoms in total. The van der Waals surface area contributed by atoms with Crippen molar-refractivity contribution in [2.45, 2.75) is 67.1 Å². The summed E-state index contributed by atoms with van der Waals surface area (Å²) in [7, 11) is 2.09. The Morgan fingerprint density at radius 1 is 0.949 bits per heavy atom. The molecule has 0 bridgehead atoms. The van der Waals surface area contributed by atoms with Crippen LogP contribution in [-0.2, 0) is 19.4 Å². The average molecular weight is 530 g/mol. The molecule has 0 saturated carbocycles. The van der Waals surface area contributed by atoms with Gasteiger partial charge >= 0.3 is 0 Å². The summed E-state index contributed by atoms with van der Waals surface area (Å²) >= 11 is 0. The molecule has 2 aromatic carbocycles. The highest BCUT2D eigenvalue weighted by Gasteiger charge is 2.22. The smallest absolute Gasteiger partial charge is 0.254 e. The number of aryl methyl sites for hydroxylation is 4. The second kappa shape index (κ2) is 12.6. The van der Waals surface area contributed by atoms with E-state index >= 15 is 0 Å². The molecule has 1 amide bonds. The summed E-state index contributed by atoms with van der Waals surface area (Å²) in [6, 6.07) is 14.3. The molecule has 0 unspecified atom stereocenters. The van der Waals surface area contributed by atoms with Gasteiger partial charge in [-0.2, -0.15) is 0 Å². The van der Waals surface area contributed by atoms with Crippen molar-refractivity contribution in [1.29, 1.82) is 0 Å². The fourth-order valence-electron chi connectivity index (χ4n) is 5.13. The van der Waals surface area contributed by atoms with E-state index in [2.05, 4.69) is 50.1 Å². The highest BCUT2D eigenvalue weighted by molar-refractivity contribution is 5.94. The number of hydrogen-bond donors (Lipinski definition) is 0. The minimum atomic E-state index is 0.0109. The zero-order valence-corrected chi connectivity index (χ0v) is 24.6. The first-order valence-electron chi connectivity index (χ1n) is 14.2. The van der Waals surface area contributed by atoms with Gasteiger partial charge in [-0.1, -0.05) is 38.1 Å². The Hall–Kier alpha value is -3.38. The van der Waals surface area contributed by atoms with Gasteiger partial charge in [-0.25, -0.2) is 0 Å². The second-order valence-electron chi connectivity index (χ2n) is 10.8. The Morgan fingerprint density at radius 2 is 1.62 bits per heavy atom. The number of pyridine rings is 1. The van der Waals surface area contributed by atoms with Crippen molar-refractivity contribution in [3.8, 4) is 22.8 Å². The van der Waals surface area contributed by atoms with Crippen LogP contribution in [0, 0.1) is 13.8 Å². The number of benzene rings is 2. The molecular formula is C33H43N3O3. The number of aromatic nitrogens is 1. The van der Waals surface area contributed by atoms with Gasteiger partial charge < -0.3 is 19.3 Å². The topological polar surface area (TPSA) is 54.9 Å². The lowest BCUT2D eigenvalue weighted by Gasteiger charge is -2.32. The molecular weight excluding hydrogens is 486 g/mol. The summed E-state index contributed by atoms with van der Waals surface area (Å²) in [6.45, 7) is 16.1. The molecule has 208 valence electrons. The number of amides is 1. The van der Waals surface area contributed by atoms with E-state index in [1.807, 2.05) is 50.8 Å². The molecule has 0 atom stereocenters. The van der Waals surface area contributed by atoms with Crippen LogP contribution >= 0.6 is 0 Å². The van der Waals surface area contributed by atoms with Crippen LogP contribution in [0.25, 0.3) is 11.3 Å². The van der Waals surface area contributed by atoms with Crippen molar-refractivity contribution >= 4 is 5.91 Å². The van der Waals surface area contributed by atoms with E-state index in [0.29, 0.717) is 17.9 Å². The molecule has 1 aromatic heterocycles. The maximum Gasteiger partial charge on any atom is 0.254 e. The van der Waals surface area contributed by atoms with Crippen LogP contribution in [0.1, 0.15) is 66.0 Å². The van der Waals surface area contributed by atoms with Crippen molar-refractivity contribution in [2.24, 2.45) is 0 Å². The van der Waals surface area contributed by atoms with Crippen LogP contribution in [0.15, 0.2) is 42.5 Å². The molecule has 1 saturated heterocycles. The van der Waals surface area contributed by atoms with Gasteiger partial charge in [0.05, 0.1) is 17.4 Å². The first-order chi connectivity index (χ1) is 18.7. The van der Waals surface area contributed by atoms with Crippen molar-refractivity contribution in [3.63, 3.8) is 0 Å². The van der Waals surface area contributed by atoms with Crippen molar-refractivity contribution in [3.05, 3.63) is 76.0 Å². The second-order valence-corrected chi connectivity index (χ2v) is 10.8. The third-order valence-corrected chi connectivity index (χ3v) is 7.51. The van der Waals surface area contributed by atoms with Gasteiger partial charge in [-0.3, -0.25) is 9.78 Å². The van der Waals surface area contributed by atoms with E-state index < -0.39 is 0 Å². The van der Waals surface area contributed by atoms with Crippen LogP contribution in [0.3, 0.4) is 0 Å². The minimum Gasteiger partial charge on any atom is -0.490 e. The number of ether oxygens (including phenoxy) is 2. The molecule has 2 heterocycles. The van der Waals surface area contributed by atoms with Crippen LogP contribution < -0.4 is 9.47 Å². The Kier molecular flexibility index (Phi) is 9.28. The first kappa shape index (κ1) is 28.6. The molecule has 3 aromatic rings. The van der Waals surface area contributed by atoms with Gasteiger partial charge in [0.25, 0.3) is 5.91 Å². The third kappa shape index (κ3) is 6.62. The Bertz CT molecular complexity index is 1290. The normalized spacial score (nSPS) is 14.1. The molecule has 0 radical (unpaired) electrons. The molecule has 4 rings (SSSR count). The minimum absolute atomic E-state index is 0.0109. The fourth-order valence-corrected chi connectivity index (χ4v) is 5.13. The molecule has 1 fully saturated rings. The molecule has 1 aliphatic rings. The van der Waals surface area contributed by atoms with Gasteiger partial charge in [0.15, 0.2) is 0 Å². The van der Waals surface area contributed by atoms with Crippen LogP contribution in [0.2, 0.25) is 0 Å². The number of carbonyl (C=O) groups excluding carboxylic acids is 1. The van der Waals surface area contributed by atoms with Crippen molar-refractivity contribution < 1.29 is 14.3 Å². The highest BCUT2D eigenvalue weighted by Crippen LogP contribution is 2.34. The van der Waals surface area contributed by atoms with E-state index in [1.165, 1.54) is 16.7 Å². The predicted octanol–water partition coefficient (Wildman–Crippen LogP) is 6.24. The number of piperazine rings is 1. The Balaban J connectivity index is 1.63. The summed E-state index contributed by atoms with van der Waals surface area (Å²) in [5.41, 5.74) is 8.19. The van der Waals surface area contributed by atoms with Crippen LogP contribution in [0.5, 0.6) is 11.5 Å². The van der Waals surface area contributed by atoms with Crippen molar-refractivity contribution in [1.82, 2.24) is 14.8 Å². The Morgan fingerprint density at radius 3 is 2.23 bits per heavy atom. The Labute approximate surface area is 234 Å². The van der Waals surface area contributed by atoms with Gasteiger partial charge in [0, 0.05) is 49.1 Å². The summed E-state index contributed by atoms with van der Waals surface area (Å²) < 4.78 is 12.7. The molecule has 0 N–H and O–H groups in total. The van der Waals surface area contributed by atoms with E-state index in [1.54, 1.807) is 0 Å². The molecule has 0 aliphatic carbocycles. The zero-order valence-electron chi connectivity index (χ0n) is 24.6. The summed E-state index contributed by atoms with van der Waals surface area (Å²) in [5.74, 6) is 1.56. The highest BCUT2D eigenvalue weighted by atomic mass is 16.5. The molecule has 6 heteroatoms. The van der Waals surface area contributed by atoms with E-state index in [9.17, 15) is 4.79 Å². The van der Waals surface area contributed by atoms with Gasteiger partial charge in [0.2, 0.25) is 0 Å². The standard InChI is InChI=1S/C33H43N3O3/c1-8-25-11-10-12-26(9-2)32(25)29-20-31(39-22(3)4)28(24(6)34-29)21-38-30-19-27(14-13-23(30)5)33(37)36-17-15-35(7)16-18-36/h10-14,19-20,22H,8-9,15-18,21H2,1-7H3.